The number of aliphatic hydroxyl groups is 2. The molecule has 1 unspecified atom stereocenters. The van der Waals surface area contributed by atoms with Crippen molar-refractivity contribution < 1.29 is 19.8 Å². The van der Waals surface area contributed by atoms with Gasteiger partial charge in [0, 0.05) is 12.3 Å². The highest BCUT2D eigenvalue weighted by Crippen LogP contribution is 2.61. The maximum absolute atomic E-state index is 12.6. The summed E-state index contributed by atoms with van der Waals surface area (Å²) in [6.07, 6.45) is 9.83. The highest BCUT2D eigenvalue weighted by atomic mass is 16.3. The Kier molecular flexibility index (Phi) is 6.01. The number of allylic oxidation sites excluding steroid dienone is 4. The molecule has 3 aliphatic carbocycles. The molecule has 7 atom stereocenters. The molecule has 0 aromatic heterocycles. The van der Waals surface area contributed by atoms with Crippen molar-refractivity contribution in [1.29, 1.82) is 0 Å². The lowest BCUT2D eigenvalue weighted by Crippen LogP contribution is -2.47. The summed E-state index contributed by atoms with van der Waals surface area (Å²) in [6.45, 7) is 10.3. The van der Waals surface area contributed by atoms with Gasteiger partial charge >= 0.3 is 0 Å². The number of rotatable bonds is 5. The van der Waals surface area contributed by atoms with Gasteiger partial charge in [-0.25, -0.2) is 0 Å². The Morgan fingerprint density at radius 3 is 2.59 bits per heavy atom. The van der Waals surface area contributed by atoms with E-state index in [0.29, 0.717) is 18.4 Å². The molecular formula is C25H38O4. The van der Waals surface area contributed by atoms with Gasteiger partial charge in [-0.15, -0.1) is 0 Å². The molecule has 0 heterocycles. The molecule has 2 saturated carbocycles. The van der Waals surface area contributed by atoms with Crippen molar-refractivity contribution in [2.75, 3.05) is 0 Å². The first kappa shape index (κ1) is 22.4. The van der Waals surface area contributed by atoms with Gasteiger partial charge in [0.05, 0.1) is 17.1 Å². The predicted octanol–water partition coefficient (Wildman–Crippen LogP) is 4.39. The van der Waals surface area contributed by atoms with Crippen LogP contribution in [0.15, 0.2) is 23.3 Å². The summed E-state index contributed by atoms with van der Waals surface area (Å²) >= 11 is 0. The highest BCUT2D eigenvalue weighted by Gasteiger charge is 2.60. The first-order valence-electron chi connectivity index (χ1n) is 11.2. The fourth-order valence-corrected chi connectivity index (χ4v) is 6.57. The summed E-state index contributed by atoms with van der Waals surface area (Å²) in [5.74, 6) is -0.603. The summed E-state index contributed by atoms with van der Waals surface area (Å²) in [5.41, 5.74) is -0.224. The fraction of sp³-hybridized carbons (Fsp3) is 0.760. The van der Waals surface area contributed by atoms with Crippen molar-refractivity contribution >= 4 is 12.1 Å². The summed E-state index contributed by atoms with van der Waals surface area (Å²) < 4.78 is 0. The number of ketones is 1. The zero-order valence-electron chi connectivity index (χ0n) is 18.7. The standard InChI is InChI=1S/C25H38O4/c1-16(2)7-6-8-17(3)25(29)12-11-23(4)13-19-22(20(27)14-24(19,5)28)18(15-26)9-10-21(23)25/h7,9,15,17,19,21-22,28-29H,6,8,10-14H2,1-5H3/b18-9-/t17-,19-,21?,22+,23+,24+,25-/m0/s1. The Balaban J connectivity index is 1.94. The molecule has 2 fully saturated rings. The maximum Gasteiger partial charge on any atom is 0.146 e. The third-order valence-electron chi connectivity index (χ3n) is 8.40. The average molecular weight is 403 g/mol. The second-order valence-electron chi connectivity index (χ2n) is 10.8. The summed E-state index contributed by atoms with van der Waals surface area (Å²) in [4.78, 5) is 24.5. The van der Waals surface area contributed by atoms with Gasteiger partial charge in [-0.2, -0.15) is 0 Å². The highest BCUT2D eigenvalue weighted by molar-refractivity contribution is 5.94. The Morgan fingerprint density at radius 2 is 1.97 bits per heavy atom. The number of aldehydes is 1. The van der Waals surface area contributed by atoms with Crippen LogP contribution in [0.3, 0.4) is 0 Å². The van der Waals surface area contributed by atoms with Crippen molar-refractivity contribution in [3.8, 4) is 0 Å². The number of fused-ring (bicyclic) bond motifs is 2. The van der Waals surface area contributed by atoms with Crippen LogP contribution < -0.4 is 0 Å². The lowest BCUT2D eigenvalue weighted by atomic mass is 9.61. The first-order chi connectivity index (χ1) is 13.4. The molecular weight excluding hydrogens is 364 g/mol. The van der Waals surface area contributed by atoms with Gasteiger partial charge < -0.3 is 10.2 Å². The van der Waals surface area contributed by atoms with Gasteiger partial charge in [0.15, 0.2) is 0 Å². The molecule has 0 saturated heterocycles. The van der Waals surface area contributed by atoms with E-state index >= 15 is 0 Å². The minimum atomic E-state index is -1.09. The second kappa shape index (κ2) is 7.77. The smallest absolute Gasteiger partial charge is 0.146 e. The number of Topliss-reactive ketones (excluding diaryl/α,β-unsaturated/α-hetero) is 1. The van der Waals surface area contributed by atoms with E-state index in [4.69, 9.17) is 0 Å². The summed E-state index contributed by atoms with van der Waals surface area (Å²) in [6, 6.07) is 0. The number of hydrogen-bond acceptors (Lipinski definition) is 4. The van der Waals surface area contributed by atoms with Crippen molar-refractivity contribution in [3.05, 3.63) is 23.3 Å². The van der Waals surface area contributed by atoms with Crippen molar-refractivity contribution in [3.63, 3.8) is 0 Å². The van der Waals surface area contributed by atoms with Crippen LogP contribution in [0, 0.1) is 29.1 Å². The van der Waals surface area contributed by atoms with Crippen LogP contribution in [0.2, 0.25) is 0 Å². The number of carbonyl (C=O) groups excluding carboxylic acids is 2. The van der Waals surface area contributed by atoms with E-state index in [1.807, 2.05) is 6.08 Å². The molecule has 3 rings (SSSR count). The molecule has 2 N–H and O–H groups in total. The Labute approximate surface area is 175 Å². The second-order valence-corrected chi connectivity index (χ2v) is 10.8. The van der Waals surface area contributed by atoms with E-state index < -0.39 is 17.1 Å². The molecule has 0 amide bonds. The minimum Gasteiger partial charge on any atom is -0.389 e. The van der Waals surface area contributed by atoms with E-state index in [1.54, 1.807) is 6.92 Å². The number of hydrogen-bond donors (Lipinski definition) is 2. The van der Waals surface area contributed by atoms with Gasteiger partial charge in [0.25, 0.3) is 0 Å². The van der Waals surface area contributed by atoms with E-state index in [-0.39, 0.29) is 35.4 Å². The van der Waals surface area contributed by atoms with Crippen LogP contribution in [0.1, 0.15) is 79.6 Å². The Hall–Kier alpha value is -1.26. The van der Waals surface area contributed by atoms with E-state index in [1.165, 1.54) is 5.57 Å². The minimum absolute atomic E-state index is 0.0243. The Bertz CT molecular complexity index is 729. The van der Waals surface area contributed by atoms with E-state index in [2.05, 4.69) is 33.8 Å². The molecule has 0 aromatic carbocycles. The monoisotopic (exact) mass is 402 g/mol. The van der Waals surface area contributed by atoms with Crippen LogP contribution >= 0.6 is 0 Å². The molecule has 0 bridgehead atoms. The van der Waals surface area contributed by atoms with Crippen LogP contribution in [0.25, 0.3) is 0 Å². The lowest BCUT2D eigenvalue weighted by molar-refractivity contribution is -0.121. The van der Waals surface area contributed by atoms with Crippen molar-refractivity contribution in [1.82, 2.24) is 0 Å². The molecule has 29 heavy (non-hydrogen) atoms. The lowest BCUT2D eigenvalue weighted by Gasteiger charge is -2.45. The molecule has 162 valence electrons. The molecule has 4 heteroatoms. The topological polar surface area (TPSA) is 74.6 Å². The quantitative estimate of drug-likeness (QED) is 0.528. The van der Waals surface area contributed by atoms with Gasteiger partial charge in [0.1, 0.15) is 12.1 Å². The van der Waals surface area contributed by atoms with Gasteiger partial charge in [0.2, 0.25) is 0 Å². The van der Waals surface area contributed by atoms with Gasteiger partial charge in [-0.1, -0.05) is 31.6 Å². The Morgan fingerprint density at radius 1 is 1.28 bits per heavy atom. The largest absolute Gasteiger partial charge is 0.389 e. The van der Waals surface area contributed by atoms with E-state index in [0.717, 1.165) is 32.0 Å². The van der Waals surface area contributed by atoms with E-state index in [9.17, 15) is 19.8 Å². The summed E-state index contributed by atoms with van der Waals surface area (Å²) in [5, 5.41) is 22.8. The van der Waals surface area contributed by atoms with Crippen LogP contribution in [-0.2, 0) is 9.59 Å². The summed E-state index contributed by atoms with van der Waals surface area (Å²) in [7, 11) is 0. The van der Waals surface area contributed by atoms with Crippen molar-refractivity contribution in [2.45, 2.75) is 90.8 Å². The van der Waals surface area contributed by atoms with Crippen molar-refractivity contribution in [2.24, 2.45) is 29.1 Å². The zero-order chi connectivity index (χ0) is 21.6. The molecule has 0 spiro atoms. The SMILES string of the molecule is CC(C)=CCC[C@H](C)[C@@]1(O)CC[C@]2(C)C[C@H]3[C@H](C(=O)C[C@@]3(C)O)/C(C=O)=C\CC21. The van der Waals surface area contributed by atoms with Crippen LogP contribution in [0.4, 0.5) is 0 Å². The molecule has 0 radical (unpaired) electrons. The van der Waals surface area contributed by atoms with Crippen LogP contribution in [0.5, 0.6) is 0 Å². The maximum atomic E-state index is 12.6. The molecule has 4 nitrogen and oxygen atoms in total. The molecule has 0 aliphatic heterocycles. The molecule has 3 aliphatic rings. The predicted molar refractivity (Wildman–Crippen MR) is 114 cm³/mol. The zero-order valence-corrected chi connectivity index (χ0v) is 18.7. The van der Waals surface area contributed by atoms with Gasteiger partial charge in [-0.05, 0) is 82.1 Å². The third kappa shape index (κ3) is 3.90. The third-order valence-corrected chi connectivity index (χ3v) is 8.40. The van der Waals surface area contributed by atoms with Crippen LogP contribution in [-0.4, -0.2) is 33.5 Å². The first-order valence-corrected chi connectivity index (χ1v) is 11.2. The fourth-order valence-electron chi connectivity index (χ4n) is 6.57. The average Bonchev–Trinajstić information content (AvgIpc) is 2.98. The van der Waals surface area contributed by atoms with Gasteiger partial charge in [-0.3, -0.25) is 9.59 Å². The number of carbonyl (C=O) groups is 2. The molecule has 0 aromatic rings. The normalized spacial score (nSPS) is 44.7.